The zero-order valence-corrected chi connectivity index (χ0v) is 25.2. The minimum absolute atomic E-state index is 0.0723. The molecule has 2 bridgehead atoms. The molecule has 1 unspecified atom stereocenters. The summed E-state index contributed by atoms with van der Waals surface area (Å²) in [5, 5.41) is 8.45. The molecule has 2 aliphatic heterocycles. The maximum absolute atomic E-state index is 12.8. The Morgan fingerprint density at radius 2 is 1.61 bits per heavy atom. The summed E-state index contributed by atoms with van der Waals surface area (Å²) in [6.07, 6.45) is 10.2. The van der Waals surface area contributed by atoms with E-state index in [0.29, 0.717) is 38.8 Å². The van der Waals surface area contributed by atoms with Gasteiger partial charge in [0.1, 0.15) is 23.7 Å². The molecule has 2 fully saturated rings. The van der Waals surface area contributed by atoms with Gasteiger partial charge in [-0.3, -0.25) is 4.68 Å². The largest absolute Gasteiger partial charge is 0.495 e. The molecule has 5 rings (SSSR count). The average molecular weight is 606 g/mol. The number of hydrogen-bond donors (Lipinski definition) is 1. The van der Waals surface area contributed by atoms with Crippen molar-refractivity contribution in [1.29, 1.82) is 0 Å². The van der Waals surface area contributed by atoms with Crippen LogP contribution in [0.5, 0.6) is 17.2 Å². The van der Waals surface area contributed by atoms with Gasteiger partial charge in [-0.2, -0.15) is 5.10 Å². The van der Waals surface area contributed by atoms with E-state index in [0.717, 1.165) is 31.4 Å². The second-order valence-electron chi connectivity index (χ2n) is 11.2. The number of carbonyl (C=O) groups is 1. The van der Waals surface area contributed by atoms with E-state index in [9.17, 15) is 4.79 Å². The highest BCUT2D eigenvalue weighted by atomic mass is 35.5. The molecular formula is C28H34Cl2N6O5. The number of anilines is 2. The molecule has 2 aromatic heterocycles. The van der Waals surface area contributed by atoms with Gasteiger partial charge < -0.3 is 29.2 Å². The van der Waals surface area contributed by atoms with E-state index in [1.54, 1.807) is 24.7 Å². The van der Waals surface area contributed by atoms with Crippen LogP contribution in [0.25, 0.3) is 0 Å². The number of halogens is 2. The van der Waals surface area contributed by atoms with Crippen LogP contribution < -0.4 is 19.5 Å². The van der Waals surface area contributed by atoms with Crippen LogP contribution in [0.3, 0.4) is 0 Å². The molecule has 1 aromatic carbocycles. The highest BCUT2D eigenvalue weighted by molar-refractivity contribution is 6.37. The summed E-state index contributed by atoms with van der Waals surface area (Å²) < 4.78 is 24.1. The number of methoxy groups -OCH3 is 2. The minimum Gasteiger partial charge on any atom is -0.495 e. The molecule has 2 aliphatic rings. The van der Waals surface area contributed by atoms with Crippen LogP contribution in [0.4, 0.5) is 16.4 Å². The first kappa shape index (κ1) is 29.1. The van der Waals surface area contributed by atoms with E-state index in [1.165, 1.54) is 14.2 Å². The number of carbonyl (C=O) groups excluding carboxylic acids is 1. The Labute approximate surface area is 249 Å². The van der Waals surface area contributed by atoms with Crippen LogP contribution >= 0.6 is 23.2 Å². The van der Waals surface area contributed by atoms with Crippen molar-refractivity contribution >= 4 is 40.9 Å². The first-order chi connectivity index (χ1) is 19.6. The zero-order valence-electron chi connectivity index (χ0n) is 23.7. The lowest BCUT2D eigenvalue weighted by Crippen LogP contribution is -2.48. The average Bonchev–Trinajstić information content (AvgIpc) is 3.50. The molecule has 1 amide bonds. The lowest BCUT2D eigenvalue weighted by molar-refractivity contribution is 0.00231. The van der Waals surface area contributed by atoms with Gasteiger partial charge in [0.05, 0.1) is 54.6 Å². The normalized spacial score (nSPS) is 20.1. The van der Waals surface area contributed by atoms with Crippen molar-refractivity contribution in [2.75, 3.05) is 19.5 Å². The molecule has 0 radical (unpaired) electrons. The predicted molar refractivity (Wildman–Crippen MR) is 155 cm³/mol. The molecule has 2 saturated heterocycles. The standard InChI is InChI=1S/C28H34Cl2N6O5/c1-28(2,3)41-27(37)36-17-6-7-18(36)9-19(8-17)35-14-16(11-33-35)34-26-31-12-20(13-32-26)40-15-21-24(29)22(38-4)10-23(39-5)25(21)30/h10-14,17-19H,6-9,15H2,1-5H3,(H,31,32,34)/t17-,18+,19?. The minimum atomic E-state index is -0.506. The first-order valence-corrected chi connectivity index (χ1v) is 14.2. The van der Waals surface area contributed by atoms with Gasteiger partial charge in [0.15, 0.2) is 5.75 Å². The molecule has 0 spiro atoms. The summed E-state index contributed by atoms with van der Waals surface area (Å²) >= 11 is 12.9. The molecule has 13 heteroatoms. The summed E-state index contributed by atoms with van der Waals surface area (Å²) in [4.78, 5) is 23.4. The van der Waals surface area contributed by atoms with E-state index in [4.69, 9.17) is 42.1 Å². The van der Waals surface area contributed by atoms with E-state index in [-0.39, 0.29) is 30.8 Å². The zero-order chi connectivity index (χ0) is 29.3. The topological polar surface area (TPSA) is 113 Å². The van der Waals surface area contributed by atoms with Crippen LogP contribution in [0.1, 0.15) is 58.1 Å². The molecule has 4 heterocycles. The van der Waals surface area contributed by atoms with Crippen molar-refractivity contribution in [2.45, 2.75) is 76.8 Å². The van der Waals surface area contributed by atoms with E-state index in [1.807, 2.05) is 36.5 Å². The van der Waals surface area contributed by atoms with Crippen molar-refractivity contribution in [2.24, 2.45) is 0 Å². The number of ether oxygens (including phenoxy) is 4. The van der Waals surface area contributed by atoms with E-state index < -0.39 is 5.60 Å². The second-order valence-corrected chi connectivity index (χ2v) is 11.9. The van der Waals surface area contributed by atoms with Crippen molar-refractivity contribution in [3.63, 3.8) is 0 Å². The van der Waals surface area contributed by atoms with Gasteiger partial charge in [-0.1, -0.05) is 23.2 Å². The number of aromatic nitrogens is 4. The third-order valence-corrected chi connectivity index (χ3v) is 8.05. The van der Waals surface area contributed by atoms with Gasteiger partial charge in [0.25, 0.3) is 0 Å². The Morgan fingerprint density at radius 3 is 2.17 bits per heavy atom. The maximum atomic E-state index is 12.8. The monoisotopic (exact) mass is 604 g/mol. The Kier molecular flexibility index (Phi) is 8.37. The van der Waals surface area contributed by atoms with Crippen molar-refractivity contribution in [3.05, 3.63) is 46.5 Å². The van der Waals surface area contributed by atoms with E-state index in [2.05, 4.69) is 20.4 Å². The summed E-state index contributed by atoms with van der Waals surface area (Å²) in [5.74, 6) is 1.71. The predicted octanol–water partition coefficient (Wildman–Crippen LogP) is 6.42. The SMILES string of the molecule is COc1cc(OC)c(Cl)c(COc2cnc(Nc3cnn(C4C[C@H]5CC[C@@H](C4)N5C(=O)OC(C)(C)C)c3)nc2)c1Cl. The third-order valence-electron chi connectivity index (χ3n) is 7.22. The molecule has 0 aliphatic carbocycles. The van der Waals surface area contributed by atoms with Crippen LogP contribution in [-0.2, 0) is 11.3 Å². The lowest BCUT2D eigenvalue weighted by Gasteiger charge is -2.39. The number of fused-ring (bicyclic) bond motifs is 2. The Morgan fingerprint density at radius 1 is 1.00 bits per heavy atom. The second kappa shape index (κ2) is 11.8. The molecule has 41 heavy (non-hydrogen) atoms. The Hall–Kier alpha value is -3.44. The third kappa shape index (κ3) is 6.41. The van der Waals surface area contributed by atoms with Gasteiger partial charge >= 0.3 is 6.09 Å². The molecule has 0 saturated carbocycles. The molecule has 1 N–H and O–H groups in total. The van der Waals surface area contributed by atoms with Gasteiger partial charge in [-0.15, -0.1) is 0 Å². The smallest absolute Gasteiger partial charge is 0.410 e. The molecule has 11 nitrogen and oxygen atoms in total. The fourth-order valence-corrected chi connectivity index (χ4v) is 5.99. The van der Waals surface area contributed by atoms with E-state index >= 15 is 0 Å². The number of amides is 1. The molecule has 3 atom stereocenters. The number of hydrogen-bond acceptors (Lipinski definition) is 9. The fourth-order valence-electron chi connectivity index (χ4n) is 5.38. The summed E-state index contributed by atoms with van der Waals surface area (Å²) in [5.41, 5.74) is 0.792. The van der Waals surface area contributed by atoms with Crippen LogP contribution in [0, 0.1) is 0 Å². The summed E-state index contributed by atoms with van der Waals surface area (Å²) in [7, 11) is 3.03. The van der Waals surface area contributed by atoms with Crippen LogP contribution in [0.15, 0.2) is 30.9 Å². The number of benzene rings is 1. The van der Waals surface area contributed by atoms with Gasteiger partial charge in [0.2, 0.25) is 5.95 Å². The Bertz CT molecular complexity index is 1350. The maximum Gasteiger partial charge on any atom is 0.410 e. The molecule has 3 aromatic rings. The number of rotatable bonds is 8. The molecule has 220 valence electrons. The molecular weight excluding hydrogens is 571 g/mol. The number of piperidine rings is 1. The van der Waals surface area contributed by atoms with Crippen molar-refractivity contribution < 1.29 is 23.7 Å². The van der Waals surface area contributed by atoms with Crippen LogP contribution in [0.2, 0.25) is 10.0 Å². The quantitative estimate of drug-likeness (QED) is 0.311. The van der Waals surface area contributed by atoms with Crippen molar-refractivity contribution in [3.8, 4) is 17.2 Å². The highest BCUT2D eigenvalue weighted by Gasteiger charge is 2.45. The van der Waals surface area contributed by atoms with Gasteiger partial charge in [0, 0.05) is 29.9 Å². The number of nitrogens with zero attached hydrogens (tertiary/aromatic N) is 5. The first-order valence-electron chi connectivity index (χ1n) is 13.4. The van der Waals surface area contributed by atoms with Crippen molar-refractivity contribution in [1.82, 2.24) is 24.6 Å². The fraction of sp³-hybridized carbons (Fsp3) is 0.500. The highest BCUT2D eigenvalue weighted by Crippen LogP contribution is 2.42. The van der Waals surface area contributed by atoms with Crippen LogP contribution in [-0.4, -0.2) is 62.6 Å². The van der Waals surface area contributed by atoms with Gasteiger partial charge in [-0.05, 0) is 46.5 Å². The lowest BCUT2D eigenvalue weighted by atomic mass is 9.98. The number of nitrogens with one attached hydrogen (secondary N) is 1. The summed E-state index contributed by atoms with van der Waals surface area (Å²) in [6.45, 7) is 5.76. The Balaban J connectivity index is 1.18. The van der Waals surface area contributed by atoms with Gasteiger partial charge in [-0.25, -0.2) is 14.8 Å². The summed E-state index contributed by atoms with van der Waals surface area (Å²) in [6, 6.07) is 2.14.